The summed E-state index contributed by atoms with van der Waals surface area (Å²) in [5, 5.41) is 12.3. The number of alkyl halides is 3. The van der Waals surface area contributed by atoms with Crippen LogP contribution in [0.4, 0.5) is 18.3 Å². The molecule has 7 nitrogen and oxygen atoms in total. The van der Waals surface area contributed by atoms with Crippen molar-refractivity contribution in [3.8, 4) is 0 Å². The molecule has 2 aliphatic rings. The molecule has 156 valence electrons. The van der Waals surface area contributed by atoms with Crippen LogP contribution in [0.5, 0.6) is 0 Å². The number of anilines is 1. The summed E-state index contributed by atoms with van der Waals surface area (Å²) in [6, 6.07) is -0.141. The lowest BCUT2D eigenvalue weighted by Gasteiger charge is -2.19. The molecule has 0 bridgehead atoms. The van der Waals surface area contributed by atoms with Crippen molar-refractivity contribution in [1.29, 1.82) is 0 Å². The average Bonchev–Trinajstić information content (AvgIpc) is 3.06. The van der Waals surface area contributed by atoms with Gasteiger partial charge in [0.25, 0.3) is 5.91 Å². The van der Waals surface area contributed by atoms with Gasteiger partial charge in [0.15, 0.2) is 10.8 Å². The van der Waals surface area contributed by atoms with Crippen LogP contribution in [0.25, 0.3) is 0 Å². The van der Waals surface area contributed by atoms with Crippen LogP contribution in [0, 0.1) is 18.8 Å². The Bertz CT molecular complexity index is 1010. The number of nitrogens with zero attached hydrogens (tertiary/aromatic N) is 2. The highest BCUT2D eigenvalue weighted by atomic mass is 35.5. The zero-order valence-electron chi connectivity index (χ0n) is 14.6. The summed E-state index contributed by atoms with van der Waals surface area (Å²) >= 11 is 12.5. The Hall–Kier alpha value is -1.98. The van der Waals surface area contributed by atoms with E-state index in [2.05, 4.69) is 15.3 Å². The SMILES string of the molecule is Cc1[nH]c(C(=O)N[C@@H]2[C@@H]3CN(c4nc(C(F)(F)F)c(C(=O)O)s4)C[C@@H]32)c(Cl)c1Cl. The number of rotatable bonds is 4. The lowest BCUT2D eigenvalue weighted by atomic mass is 10.3. The minimum Gasteiger partial charge on any atom is -0.477 e. The topological polar surface area (TPSA) is 98.3 Å². The first-order valence-electron chi connectivity index (χ1n) is 8.39. The standard InChI is InChI=1S/C16H13Cl2F3N4O3S/c1-4-7(17)8(18)10(22-4)13(26)23-9-5-2-25(3-6(5)9)15-24-12(16(19,20)21)11(29-15)14(27)28/h5-6,9,22H,2-3H2,1H3,(H,23,26)(H,27,28)/t5-,6+,9-. The molecule has 1 amide bonds. The molecule has 0 unspecified atom stereocenters. The number of aromatic amines is 1. The Kier molecular flexibility index (Phi) is 4.74. The maximum atomic E-state index is 13.0. The van der Waals surface area contributed by atoms with Gasteiger partial charge in [-0.3, -0.25) is 4.79 Å². The lowest BCUT2D eigenvalue weighted by molar-refractivity contribution is -0.141. The summed E-state index contributed by atoms with van der Waals surface area (Å²) in [6.07, 6.45) is -4.84. The molecule has 4 rings (SSSR count). The number of halogens is 5. The van der Waals surface area contributed by atoms with Crippen LogP contribution in [0.3, 0.4) is 0 Å². The number of hydrogen-bond acceptors (Lipinski definition) is 5. The number of carbonyl (C=O) groups is 2. The monoisotopic (exact) mass is 468 g/mol. The molecule has 3 heterocycles. The molecule has 3 N–H and O–H groups in total. The van der Waals surface area contributed by atoms with Gasteiger partial charge in [-0.2, -0.15) is 13.2 Å². The van der Waals surface area contributed by atoms with Crippen LogP contribution < -0.4 is 10.2 Å². The van der Waals surface area contributed by atoms with E-state index in [-0.39, 0.29) is 38.7 Å². The fourth-order valence-corrected chi connectivity index (χ4v) is 4.99. The van der Waals surface area contributed by atoms with E-state index in [0.717, 1.165) is 0 Å². The number of hydrogen-bond donors (Lipinski definition) is 3. The number of piperidine rings is 1. The molecule has 2 aromatic heterocycles. The molecule has 1 aliphatic carbocycles. The molecule has 13 heteroatoms. The molecule has 2 fully saturated rings. The smallest absolute Gasteiger partial charge is 0.435 e. The zero-order chi connectivity index (χ0) is 21.2. The van der Waals surface area contributed by atoms with Gasteiger partial charge in [-0.05, 0) is 6.92 Å². The van der Waals surface area contributed by atoms with Crippen LogP contribution in [-0.2, 0) is 6.18 Å². The fourth-order valence-electron chi connectivity index (χ4n) is 3.63. The molecule has 1 saturated carbocycles. The predicted molar refractivity (Wildman–Crippen MR) is 100 cm³/mol. The van der Waals surface area contributed by atoms with E-state index in [4.69, 9.17) is 28.3 Å². The van der Waals surface area contributed by atoms with Crippen LogP contribution in [0.2, 0.25) is 10.0 Å². The Balaban J connectivity index is 1.42. The number of aromatic carboxylic acids is 1. The van der Waals surface area contributed by atoms with Crippen molar-refractivity contribution in [2.24, 2.45) is 11.8 Å². The maximum Gasteiger partial charge on any atom is 0.435 e. The van der Waals surface area contributed by atoms with E-state index in [1.807, 2.05) is 0 Å². The van der Waals surface area contributed by atoms with E-state index in [0.29, 0.717) is 30.1 Å². The van der Waals surface area contributed by atoms with Crippen molar-refractivity contribution in [1.82, 2.24) is 15.3 Å². The number of carboxylic acid groups (broad SMARTS) is 1. The number of thiazole rings is 1. The summed E-state index contributed by atoms with van der Waals surface area (Å²) in [5.41, 5.74) is -0.650. The van der Waals surface area contributed by atoms with Crippen LogP contribution in [-0.4, -0.2) is 46.1 Å². The van der Waals surface area contributed by atoms with Crippen LogP contribution >= 0.6 is 34.5 Å². The van der Waals surface area contributed by atoms with Gasteiger partial charge in [-0.15, -0.1) is 0 Å². The largest absolute Gasteiger partial charge is 0.477 e. The highest BCUT2D eigenvalue weighted by Gasteiger charge is 2.57. The summed E-state index contributed by atoms with van der Waals surface area (Å²) in [6.45, 7) is 2.43. The Morgan fingerprint density at radius 3 is 2.34 bits per heavy atom. The van der Waals surface area contributed by atoms with Crippen LogP contribution in [0.15, 0.2) is 0 Å². The number of amides is 1. The van der Waals surface area contributed by atoms with E-state index in [1.165, 1.54) is 0 Å². The van der Waals surface area contributed by atoms with Crippen LogP contribution in [0.1, 0.15) is 31.5 Å². The number of H-pyrrole nitrogens is 1. The highest BCUT2D eigenvalue weighted by molar-refractivity contribution is 7.17. The first kappa shape index (κ1) is 20.3. The second-order valence-corrected chi connectivity index (χ2v) is 8.70. The number of fused-ring (bicyclic) bond motifs is 1. The third-order valence-electron chi connectivity index (χ3n) is 5.12. The summed E-state index contributed by atoms with van der Waals surface area (Å²) in [4.78, 5) is 30.6. The van der Waals surface area contributed by atoms with E-state index in [1.54, 1.807) is 11.8 Å². The molecule has 1 saturated heterocycles. The maximum absolute atomic E-state index is 13.0. The molecule has 3 atom stereocenters. The number of nitrogens with one attached hydrogen (secondary N) is 2. The van der Waals surface area contributed by atoms with E-state index >= 15 is 0 Å². The minimum absolute atomic E-state index is 0.0156. The van der Waals surface area contributed by atoms with Gasteiger partial charge in [-0.1, -0.05) is 34.5 Å². The fraction of sp³-hybridized carbons (Fsp3) is 0.438. The Labute approximate surface area is 175 Å². The van der Waals surface area contributed by atoms with Gasteiger partial charge in [-0.25, -0.2) is 9.78 Å². The van der Waals surface area contributed by atoms with Gasteiger partial charge in [0, 0.05) is 36.7 Å². The molecular weight excluding hydrogens is 456 g/mol. The first-order chi connectivity index (χ1) is 13.5. The number of aryl methyl sites for hydroxylation is 1. The Morgan fingerprint density at radius 1 is 1.28 bits per heavy atom. The van der Waals surface area contributed by atoms with E-state index < -0.39 is 28.6 Å². The second-order valence-electron chi connectivity index (χ2n) is 6.96. The summed E-state index contributed by atoms with van der Waals surface area (Å²) in [7, 11) is 0. The summed E-state index contributed by atoms with van der Waals surface area (Å²) in [5.74, 6) is -1.99. The Morgan fingerprint density at radius 2 is 1.90 bits per heavy atom. The molecule has 1 aliphatic heterocycles. The van der Waals surface area contributed by atoms with Crippen molar-refractivity contribution >= 4 is 51.5 Å². The average molecular weight is 469 g/mol. The second kappa shape index (κ2) is 6.78. The molecule has 0 radical (unpaired) electrons. The predicted octanol–water partition coefficient (Wildman–Crippen LogP) is 3.67. The van der Waals surface area contributed by atoms with Gasteiger partial charge in [0.2, 0.25) is 0 Å². The van der Waals surface area contributed by atoms with Crippen molar-refractivity contribution in [3.05, 3.63) is 32.0 Å². The molecule has 0 aromatic carbocycles. The number of aromatic nitrogens is 2. The minimum atomic E-state index is -4.84. The van der Waals surface area contributed by atoms with Crippen molar-refractivity contribution in [2.45, 2.75) is 19.1 Å². The van der Waals surface area contributed by atoms with Gasteiger partial charge in [0.05, 0.1) is 10.0 Å². The summed E-state index contributed by atoms with van der Waals surface area (Å²) < 4.78 is 39.0. The molecule has 29 heavy (non-hydrogen) atoms. The molecule has 0 spiro atoms. The zero-order valence-corrected chi connectivity index (χ0v) is 16.9. The quantitative estimate of drug-likeness (QED) is 0.635. The third-order valence-corrected chi connectivity index (χ3v) is 7.17. The van der Waals surface area contributed by atoms with Crippen molar-refractivity contribution < 1.29 is 27.9 Å². The van der Waals surface area contributed by atoms with Crippen molar-refractivity contribution in [2.75, 3.05) is 18.0 Å². The normalized spacial score (nSPS) is 23.2. The number of carboxylic acids is 1. The molecular formula is C16H13Cl2F3N4O3S. The van der Waals surface area contributed by atoms with Gasteiger partial charge < -0.3 is 20.3 Å². The third kappa shape index (κ3) is 3.44. The van der Waals surface area contributed by atoms with E-state index in [9.17, 15) is 22.8 Å². The first-order valence-corrected chi connectivity index (χ1v) is 9.97. The molecule has 2 aromatic rings. The lowest BCUT2D eigenvalue weighted by Crippen LogP contribution is -2.35. The van der Waals surface area contributed by atoms with Crippen molar-refractivity contribution in [3.63, 3.8) is 0 Å². The van der Waals surface area contributed by atoms with Gasteiger partial charge >= 0.3 is 12.1 Å². The van der Waals surface area contributed by atoms with Gasteiger partial charge in [0.1, 0.15) is 10.6 Å². The highest BCUT2D eigenvalue weighted by Crippen LogP contribution is 2.48. The number of carbonyl (C=O) groups excluding carboxylic acids is 1.